The molecule has 0 unspecified atom stereocenters. The molecule has 1 aliphatic rings. The summed E-state index contributed by atoms with van der Waals surface area (Å²) in [5, 5.41) is 9.93. The maximum Gasteiger partial charge on any atom is 0.410 e. The van der Waals surface area contributed by atoms with E-state index in [1.54, 1.807) is 7.05 Å². The van der Waals surface area contributed by atoms with Crippen molar-refractivity contribution in [2.75, 3.05) is 26.8 Å². The number of amides is 2. The molecule has 0 saturated carbocycles. The molecule has 1 saturated heterocycles. The number of benzene rings is 1. The molecule has 2 amide bonds. The Hall–Kier alpha value is -2.28. The van der Waals surface area contributed by atoms with Crippen molar-refractivity contribution in [2.24, 2.45) is 5.92 Å². The van der Waals surface area contributed by atoms with Gasteiger partial charge in [0.2, 0.25) is 0 Å². The SMILES string of the molecule is CN(C[C@H](C[C@H]1CCCOC1)N(Cc1ccccc1)C(=O)O)C(=O)OC(C)(C)C. The van der Waals surface area contributed by atoms with E-state index in [0.29, 0.717) is 13.0 Å². The molecule has 1 heterocycles. The Morgan fingerprint density at radius 3 is 2.52 bits per heavy atom. The van der Waals surface area contributed by atoms with E-state index in [0.717, 1.165) is 25.0 Å². The first-order chi connectivity index (χ1) is 13.7. The van der Waals surface area contributed by atoms with Crippen LogP contribution in [0.4, 0.5) is 9.59 Å². The molecule has 7 nitrogen and oxygen atoms in total. The first-order valence-corrected chi connectivity index (χ1v) is 10.2. The van der Waals surface area contributed by atoms with Gasteiger partial charge in [0, 0.05) is 33.4 Å². The van der Waals surface area contributed by atoms with Crippen LogP contribution < -0.4 is 0 Å². The minimum Gasteiger partial charge on any atom is -0.465 e. The lowest BCUT2D eigenvalue weighted by Gasteiger charge is -2.36. The van der Waals surface area contributed by atoms with E-state index in [4.69, 9.17) is 9.47 Å². The van der Waals surface area contributed by atoms with Crippen molar-refractivity contribution in [3.8, 4) is 0 Å². The minimum absolute atomic E-state index is 0.268. The van der Waals surface area contributed by atoms with Crippen molar-refractivity contribution >= 4 is 12.2 Å². The number of ether oxygens (including phenoxy) is 2. The number of carbonyl (C=O) groups excluding carboxylic acids is 1. The third-order valence-electron chi connectivity index (χ3n) is 4.93. The van der Waals surface area contributed by atoms with Gasteiger partial charge in [-0.3, -0.25) is 4.90 Å². The van der Waals surface area contributed by atoms with Gasteiger partial charge < -0.3 is 19.5 Å². The molecular weight excluding hydrogens is 372 g/mol. The Balaban J connectivity index is 2.16. The van der Waals surface area contributed by atoms with Gasteiger partial charge in [0.1, 0.15) is 5.60 Å². The second-order valence-electron chi connectivity index (χ2n) is 8.73. The molecule has 2 rings (SSSR count). The Bertz CT molecular complexity index is 653. The van der Waals surface area contributed by atoms with Crippen LogP contribution in [0.5, 0.6) is 0 Å². The third-order valence-corrected chi connectivity index (χ3v) is 4.93. The molecule has 1 aliphatic heterocycles. The Labute approximate surface area is 173 Å². The van der Waals surface area contributed by atoms with E-state index < -0.39 is 17.8 Å². The van der Waals surface area contributed by atoms with Crippen LogP contribution in [0.1, 0.15) is 45.6 Å². The van der Waals surface area contributed by atoms with Crippen LogP contribution in [0, 0.1) is 5.92 Å². The van der Waals surface area contributed by atoms with Crippen molar-refractivity contribution in [1.29, 1.82) is 0 Å². The Morgan fingerprint density at radius 2 is 1.97 bits per heavy atom. The number of rotatable bonds is 7. The van der Waals surface area contributed by atoms with E-state index >= 15 is 0 Å². The molecule has 2 atom stereocenters. The fourth-order valence-electron chi connectivity index (χ4n) is 3.54. The topological polar surface area (TPSA) is 79.3 Å². The highest BCUT2D eigenvalue weighted by molar-refractivity contribution is 5.68. The van der Waals surface area contributed by atoms with Crippen LogP contribution in [0.15, 0.2) is 30.3 Å². The lowest BCUT2D eigenvalue weighted by atomic mass is 9.93. The average molecular weight is 407 g/mol. The predicted octanol–water partition coefficient (Wildman–Crippen LogP) is 4.22. The molecular formula is C22H34N2O5. The van der Waals surface area contributed by atoms with Crippen LogP contribution >= 0.6 is 0 Å². The zero-order valence-electron chi connectivity index (χ0n) is 18.0. The molecule has 1 aromatic carbocycles. The Morgan fingerprint density at radius 1 is 1.28 bits per heavy atom. The summed E-state index contributed by atoms with van der Waals surface area (Å²) < 4.78 is 11.0. The van der Waals surface area contributed by atoms with Gasteiger partial charge in [-0.15, -0.1) is 0 Å². The van der Waals surface area contributed by atoms with Gasteiger partial charge in [-0.2, -0.15) is 0 Å². The van der Waals surface area contributed by atoms with E-state index in [2.05, 4.69) is 0 Å². The molecule has 162 valence electrons. The van der Waals surface area contributed by atoms with Gasteiger partial charge in [0.25, 0.3) is 0 Å². The first-order valence-electron chi connectivity index (χ1n) is 10.2. The number of hydrogen-bond acceptors (Lipinski definition) is 4. The molecule has 0 radical (unpaired) electrons. The first kappa shape index (κ1) is 23.0. The summed E-state index contributed by atoms with van der Waals surface area (Å²) in [5.41, 5.74) is 0.314. The van der Waals surface area contributed by atoms with Gasteiger partial charge in [0.15, 0.2) is 0 Å². The lowest BCUT2D eigenvalue weighted by molar-refractivity contribution is 0.0149. The lowest BCUT2D eigenvalue weighted by Crippen LogP contribution is -2.48. The summed E-state index contributed by atoms with van der Waals surface area (Å²) in [6.45, 7) is 7.37. The summed E-state index contributed by atoms with van der Waals surface area (Å²) in [6.07, 6.45) is 1.18. The molecule has 1 fully saturated rings. The highest BCUT2D eigenvalue weighted by Gasteiger charge is 2.31. The highest BCUT2D eigenvalue weighted by Crippen LogP contribution is 2.24. The van der Waals surface area contributed by atoms with E-state index in [9.17, 15) is 14.7 Å². The smallest absolute Gasteiger partial charge is 0.410 e. The zero-order valence-corrected chi connectivity index (χ0v) is 18.0. The molecule has 7 heteroatoms. The van der Waals surface area contributed by atoms with Crippen LogP contribution in [-0.2, 0) is 16.0 Å². The van der Waals surface area contributed by atoms with Gasteiger partial charge in [-0.1, -0.05) is 30.3 Å². The fourth-order valence-corrected chi connectivity index (χ4v) is 3.54. The summed E-state index contributed by atoms with van der Waals surface area (Å²) in [6, 6.07) is 9.17. The highest BCUT2D eigenvalue weighted by atomic mass is 16.6. The second kappa shape index (κ2) is 10.5. The monoisotopic (exact) mass is 406 g/mol. The molecule has 0 aliphatic carbocycles. The van der Waals surface area contributed by atoms with Crippen molar-refractivity contribution in [3.05, 3.63) is 35.9 Å². The maximum absolute atomic E-state index is 12.5. The Kier molecular flexibility index (Phi) is 8.32. The fraction of sp³-hybridized carbons (Fsp3) is 0.636. The second-order valence-corrected chi connectivity index (χ2v) is 8.73. The molecule has 1 N–H and O–H groups in total. The molecule has 0 bridgehead atoms. The van der Waals surface area contributed by atoms with E-state index in [-0.39, 0.29) is 25.0 Å². The number of hydrogen-bond donors (Lipinski definition) is 1. The van der Waals surface area contributed by atoms with Gasteiger partial charge >= 0.3 is 12.2 Å². The number of likely N-dealkylation sites (N-methyl/N-ethyl adjacent to an activating group) is 1. The van der Waals surface area contributed by atoms with E-state index in [1.807, 2.05) is 51.1 Å². The number of nitrogens with zero attached hydrogens (tertiary/aromatic N) is 2. The average Bonchev–Trinajstić information content (AvgIpc) is 2.65. The maximum atomic E-state index is 12.5. The third kappa shape index (κ3) is 7.93. The summed E-state index contributed by atoms with van der Waals surface area (Å²) in [5.74, 6) is 0.276. The van der Waals surface area contributed by atoms with Crippen LogP contribution in [0.3, 0.4) is 0 Å². The van der Waals surface area contributed by atoms with Gasteiger partial charge in [0.05, 0.1) is 6.04 Å². The van der Waals surface area contributed by atoms with Crippen molar-refractivity contribution in [2.45, 2.75) is 58.2 Å². The normalized spacial score (nSPS) is 18.0. The number of carbonyl (C=O) groups is 2. The van der Waals surface area contributed by atoms with E-state index in [1.165, 1.54) is 9.80 Å². The summed E-state index contributed by atoms with van der Waals surface area (Å²) >= 11 is 0. The van der Waals surface area contributed by atoms with Crippen LogP contribution in [-0.4, -0.2) is 65.5 Å². The van der Waals surface area contributed by atoms with Crippen LogP contribution in [0.2, 0.25) is 0 Å². The molecule has 1 aromatic rings. The zero-order chi connectivity index (χ0) is 21.4. The van der Waals surface area contributed by atoms with Crippen molar-refractivity contribution in [3.63, 3.8) is 0 Å². The van der Waals surface area contributed by atoms with Gasteiger partial charge in [-0.05, 0) is 51.5 Å². The van der Waals surface area contributed by atoms with Crippen molar-refractivity contribution in [1.82, 2.24) is 9.80 Å². The molecule has 0 spiro atoms. The minimum atomic E-state index is -0.992. The summed E-state index contributed by atoms with van der Waals surface area (Å²) in [7, 11) is 1.65. The quantitative estimate of drug-likeness (QED) is 0.733. The molecule has 0 aromatic heterocycles. The van der Waals surface area contributed by atoms with Crippen LogP contribution in [0.25, 0.3) is 0 Å². The number of carboxylic acid groups (broad SMARTS) is 1. The summed E-state index contributed by atoms with van der Waals surface area (Å²) in [4.78, 5) is 27.5. The largest absolute Gasteiger partial charge is 0.465 e. The predicted molar refractivity (Wildman–Crippen MR) is 111 cm³/mol. The van der Waals surface area contributed by atoms with Crippen molar-refractivity contribution < 1.29 is 24.2 Å². The standard InChI is InChI=1S/C22H34N2O5/c1-22(2,3)29-21(27)23(4)15-19(13-18-11-8-12-28-16-18)24(20(25)26)14-17-9-6-5-7-10-17/h5-7,9-10,18-19H,8,11-16H2,1-4H3,(H,25,26)/t18-,19+/m1/s1. The molecule has 29 heavy (non-hydrogen) atoms. The van der Waals surface area contributed by atoms with Gasteiger partial charge in [-0.25, -0.2) is 9.59 Å².